The summed E-state index contributed by atoms with van der Waals surface area (Å²) < 4.78 is 0. The molecule has 1 atom stereocenters. The number of alkyl halides is 1. The smallest absolute Gasteiger partial charge is 0.254 e. The molecule has 1 aromatic carbocycles. The number of carbonyl (C=O) groups excluding carboxylic acids is 1. The van der Waals surface area contributed by atoms with E-state index < -0.39 is 0 Å². The van der Waals surface area contributed by atoms with Crippen molar-refractivity contribution in [3.63, 3.8) is 0 Å². The molecule has 3 nitrogen and oxygen atoms in total. The maximum atomic E-state index is 12.5. The Balaban J connectivity index is 2.22. The van der Waals surface area contributed by atoms with Crippen molar-refractivity contribution in [2.45, 2.75) is 31.7 Å². The van der Waals surface area contributed by atoms with Crippen LogP contribution in [-0.4, -0.2) is 34.4 Å². The molecule has 1 aromatic rings. The number of carbonyl (C=O) groups is 1. The SMILES string of the molecule is O=C(c1ccc(O)c(Cl)c1)N1CCCCCC1CCl. The van der Waals surface area contributed by atoms with Crippen LogP contribution in [0.25, 0.3) is 0 Å². The van der Waals surface area contributed by atoms with Crippen LogP contribution in [0.3, 0.4) is 0 Å². The molecule has 1 N–H and O–H groups in total. The lowest BCUT2D eigenvalue weighted by Gasteiger charge is -2.28. The van der Waals surface area contributed by atoms with E-state index in [0.29, 0.717) is 11.4 Å². The van der Waals surface area contributed by atoms with Gasteiger partial charge in [0.15, 0.2) is 0 Å². The molecule has 1 fully saturated rings. The van der Waals surface area contributed by atoms with Crippen molar-refractivity contribution in [3.8, 4) is 5.75 Å². The summed E-state index contributed by atoms with van der Waals surface area (Å²) in [4.78, 5) is 14.3. The topological polar surface area (TPSA) is 40.5 Å². The van der Waals surface area contributed by atoms with Gasteiger partial charge in [-0.1, -0.05) is 24.4 Å². The third-order valence-electron chi connectivity index (χ3n) is 3.51. The molecule has 1 aliphatic rings. The standard InChI is InChI=1S/C14H17Cl2NO2/c15-9-11-4-2-1-3-7-17(11)14(19)10-5-6-13(18)12(16)8-10/h5-6,8,11,18H,1-4,7,9H2. The number of phenols is 1. The highest BCUT2D eigenvalue weighted by Crippen LogP contribution is 2.26. The van der Waals surface area contributed by atoms with Crippen LogP contribution in [-0.2, 0) is 0 Å². The van der Waals surface area contributed by atoms with Crippen molar-refractivity contribution in [1.29, 1.82) is 0 Å². The number of hydrogen-bond acceptors (Lipinski definition) is 2. The summed E-state index contributed by atoms with van der Waals surface area (Å²) in [5.41, 5.74) is 0.500. The second-order valence-electron chi connectivity index (χ2n) is 4.82. The van der Waals surface area contributed by atoms with E-state index in [2.05, 4.69) is 0 Å². The first-order valence-electron chi connectivity index (χ1n) is 6.49. The van der Waals surface area contributed by atoms with Crippen LogP contribution in [0.5, 0.6) is 5.75 Å². The van der Waals surface area contributed by atoms with Gasteiger partial charge < -0.3 is 10.0 Å². The molecule has 1 aliphatic heterocycles. The van der Waals surface area contributed by atoms with Crippen LogP contribution in [0.4, 0.5) is 0 Å². The van der Waals surface area contributed by atoms with Crippen LogP contribution >= 0.6 is 23.2 Å². The first-order chi connectivity index (χ1) is 9.13. The molecule has 104 valence electrons. The number of amides is 1. The molecule has 1 unspecified atom stereocenters. The zero-order valence-corrected chi connectivity index (χ0v) is 12.1. The zero-order chi connectivity index (χ0) is 13.8. The fourth-order valence-corrected chi connectivity index (χ4v) is 2.91. The molecule has 0 radical (unpaired) electrons. The highest BCUT2D eigenvalue weighted by molar-refractivity contribution is 6.32. The number of likely N-dealkylation sites (tertiary alicyclic amines) is 1. The molecule has 19 heavy (non-hydrogen) atoms. The summed E-state index contributed by atoms with van der Waals surface area (Å²) in [6.45, 7) is 0.731. The Hall–Kier alpha value is -0.930. The van der Waals surface area contributed by atoms with Crippen molar-refractivity contribution in [3.05, 3.63) is 28.8 Å². The van der Waals surface area contributed by atoms with E-state index in [1.165, 1.54) is 12.1 Å². The summed E-state index contributed by atoms with van der Waals surface area (Å²) in [6.07, 6.45) is 4.19. The Bertz CT molecular complexity index is 465. The Morgan fingerprint density at radius 2 is 2.16 bits per heavy atom. The number of nitrogens with zero attached hydrogens (tertiary/aromatic N) is 1. The summed E-state index contributed by atoms with van der Waals surface area (Å²) in [6, 6.07) is 4.64. The lowest BCUT2D eigenvalue weighted by atomic mass is 10.1. The number of benzene rings is 1. The largest absolute Gasteiger partial charge is 0.506 e. The Labute approximate surface area is 123 Å². The van der Waals surface area contributed by atoms with Gasteiger partial charge in [0.25, 0.3) is 5.91 Å². The normalized spacial score (nSPS) is 20.1. The lowest BCUT2D eigenvalue weighted by Crippen LogP contribution is -2.41. The quantitative estimate of drug-likeness (QED) is 0.847. The van der Waals surface area contributed by atoms with Gasteiger partial charge in [0.2, 0.25) is 0 Å². The number of rotatable bonds is 2. The average molecular weight is 302 g/mol. The molecule has 0 saturated carbocycles. The average Bonchev–Trinajstić information content (AvgIpc) is 2.66. The molecule has 0 aromatic heterocycles. The van der Waals surface area contributed by atoms with E-state index in [1.54, 1.807) is 6.07 Å². The summed E-state index contributed by atoms with van der Waals surface area (Å²) in [7, 11) is 0. The van der Waals surface area contributed by atoms with Crippen molar-refractivity contribution < 1.29 is 9.90 Å². The number of halogens is 2. The van der Waals surface area contributed by atoms with Crippen LogP contribution in [0, 0.1) is 0 Å². The predicted molar refractivity (Wildman–Crippen MR) is 77.1 cm³/mol. The van der Waals surface area contributed by atoms with Crippen molar-refractivity contribution >= 4 is 29.1 Å². The van der Waals surface area contributed by atoms with E-state index in [9.17, 15) is 9.90 Å². The van der Waals surface area contributed by atoms with E-state index in [1.807, 2.05) is 4.90 Å². The van der Waals surface area contributed by atoms with E-state index in [0.717, 1.165) is 32.2 Å². The molecule has 5 heteroatoms. The van der Waals surface area contributed by atoms with Gasteiger partial charge in [-0.3, -0.25) is 4.79 Å². The van der Waals surface area contributed by atoms with Crippen molar-refractivity contribution in [1.82, 2.24) is 4.90 Å². The highest BCUT2D eigenvalue weighted by Gasteiger charge is 2.25. The second kappa shape index (κ2) is 6.49. The molecular formula is C14H17Cl2NO2. The van der Waals surface area contributed by atoms with Gasteiger partial charge in [0.05, 0.1) is 5.02 Å². The molecule has 1 heterocycles. The van der Waals surface area contributed by atoms with Gasteiger partial charge in [-0.15, -0.1) is 11.6 Å². The Morgan fingerprint density at radius 3 is 2.84 bits per heavy atom. The van der Waals surface area contributed by atoms with Gasteiger partial charge >= 0.3 is 0 Å². The van der Waals surface area contributed by atoms with Crippen LogP contribution in [0.1, 0.15) is 36.0 Å². The number of hydrogen-bond donors (Lipinski definition) is 1. The molecule has 1 amide bonds. The second-order valence-corrected chi connectivity index (χ2v) is 5.54. The predicted octanol–water partition coefficient (Wildman–Crippen LogP) is 3.67. The lowest BCUT2D eigenvalue weighted by molar-refractivity contribution is 0.0700. The fraction of sp³-hybridized carbons (Fsp3) is 0.500. The van der Waals surface area contributed by atoms with E-state index >= 15 is 0 Å². The molecule has 2 rings (SSSR count). The van der Waals surface area contributed by atoms with Crippen molar-refractivity contribution in [2.24, 2.45) is 0 Å². The zero-order valence-electron chi connectivity index (χ0n) is 10.6. The van der Waals surface area contributed by atoms with Gasteiger partial charge in [-0.25, -0.2) is 0 Å². The maximum absolute atomic E-state index is 12.5. The Morgan fingerprint density at radius 1 is 1.37 bits per heavy atom. The molecular weight excluding hydrogens is 285 g/mol. The highest BCUT2D eigenvalue weighted by atomic mass is 35.5. The first-order valence-corrected chi connectivity index (χ1v) is 7.40. The van der Waals surface area contributed by atoms with Crippen LogP contribution < -0.4 is 0 Å². The molecule has 0 bridgehead atoms. The van der Waals surface area contributed by atoms with E-state index in [-0.39, 0.29) is 22.7 Å². The minimum atomic E-state index is -0.0607. The molecule has 0 aliphatic carbocycles. The van der Waals surface area contributed by atoms with Gasteiger partial charge in [-0.2, -0.15) is 0 Å². The summed E-state index contributed by atoms with van der Waals surface area (Å²) >= 11 is 11.8. The van der Waals surface area contributed by atoms with E-state index in [4.69, 9.17) is 23.2 Å². The fourth-order valence-electron chi connectivity index (χ4n) is 2.41. The van der Waals surface area contributed by atoms with Gasteiger partial charge in [-0.05, 0) is 31.0 Å². The summed E-state index contributed by atoms with van der Waals surface area (Å²) in [5.74, 6) is 0.384. The minimum Gasteiger partial charge on any atom is -0.506 e. The minimum absolute atomic E-state index is 0.0111. The van der Waals surface area contributed by atoms with Crippen LogP contribution in [0.15, 0.2) is 18.2 Å². The maximum Gasteiger partial charge on any atom is 0.254 e. The van der Waals surface area contributed by atoms with Crippen LogP contribution in [0.2, 0.25) is 5.02 Å². The van der Waals surface area contributed by atoms with Gasteiger partial charge in [0, 0.05) is 24.0 Å². The monoisotopic (exact) mass is 301 g/mol. The van der Waals surface area contributed by atoms with Crippen molar-refractivity contribution in [2.75, 3.05) is 12.4 Å². The Kier molecular flexibility index (Phi) is 4.94. The third-order valence-corrected chi connectivity index (χ3v) is 4.17. The van der Waals surface area contributed by atoms with Gasteiger partial charge in [0.1, 0.15) is 5.75 Å². The number of phenolic OH excluding ortho intramolecular Hbond substituents is 1. The molecule has 1 saturated heterocycles. The number of aromatic hydroxyl groups is 1. The third kappa shape index (κ3) is 3.34. The summed E-state index contributed by atoms with van der Waals surface area (Å²) in [5, 5.41) is 9.60. The molecule has 0 spiro atoms. The first kappa shape index (κ1) is 14.5.